The number of pyridine rings is 1. The van der Waals surface area contributed by atoms with Crippen LogP contribution in [0.4, 0.5) is 0 Å². The molecule has 164 valence electrons. The smallest absolute Gasteiger partial charge is 0.295 e. The van der Waals surface area contributed by atoms with E-state index < -0.39 is 17.7 Å². The van der Waals surface area contributed by atoms with Crippen LogP contribution in [0.1, 0.15) is 68.8 Å². The Morgan fingerprint density at radius 3 is 2.58 bits per heavy atom. The van der Waals surface area contributed by atoms with Gasteiger partial charge in [0, 0.05) is 18.3 Å². The van der Waals surface area contributed by atoms with Gasteiger partial charge in [-0.15, -0.1) is 0 Å². The Morgan fingerprint density at radius 1 is 1.19 bits per heavy atom. The molecule has 3 rings (SSSR count). The summed E-state index contributed by atoms with van der Waals surface area (Å²) in [5, 5.41) is 11.2. The third-order valence-corrected chi connectivity index (χ3v) is 5.64. The molecule has 1 fully saturated rings. The summed E-state index contributed by atoms with van der Waals surface area (Å²) in [5.74, 6) is -0.576. The Balaban J connectivity index is 2.14. The van der Waals surface area contributed by atoms with Crippen molar-refractivity contribution in [1.82, 2.24) is 9.88 Å². The quantitative estimate of drug-likeness (QED) is 0.285. The Labute approximate surface area is 183 Å². The van der Waals surface area contributed by atoms with Crippen molar-refractivity contribution in [1.29, 1.82) is 0 Å². The first-order valence-electron chi connectivity index (χ1n) is 10.8. The van der Waals surface area contributed by atoms with Crippen molar-refractivity contribution in [3.05, 3.63) is 65.0 Å². The fourth-order valence-corrected chi connectivity index (χ4v) is 3.98. The lowest BCUT2D eigenvalue weighted by Gasteiger charge is -2.24. The molecule has 1 aromatic heterocycles. The molecule has 1 atom stereocenters. The van der Waals surface area contributed by atoms with Gasteiger partial charge in [-0.1, -0.05) is 39.7 Å². The number of hydrogen-bond acceptors (Lipinski definition) is 5. The number of methoxy groups -OCH3 is 1. The normalized spacial score (nSPS) is 18.1. The minimum absolute atomic E-state index is 0.0834. The molecule has 1 aliphatic rings. The van der Waals surface area contributed by atoms with Crippen LogP contribution in [0.15, 0.2) is 48.2 Å². The maximum atomic E-state index is 13.0. The number of aromatic nitrogens is 1. The van der Waals surface area contributed by atoms with E-state index in [2.05, 4.69) is 11.9 Å². The standard InChI is InChI=1S/C25H30N2O4/c1-5-6-9-14-27-22(19-10-7-8-13-26-19)21(24(29)25(27)30)23(28)17-11-12-20(31-4)18(15-17)16(2)3/h7-8,10-13,15-16,22,28H,5-6,9,14H2,1-4H3/b23-21-. The number of nitrogens with zero attached hydrogens (tertiary/aromatic N) is 2. The second-order valence-electron chi connectivity index (χ2n) is 8.07. The number of aliphatic hydroxyl groups excluding tert-OH is 1. The molecular formula is C25H30N2O4. The van der Waals surface area contributed by atoms with E-state index in [1.807, 2.05) is 26.0 Å². The molecule has 0 saturated carbocycles. The number of Topliss-reactive ketones (excluding diaryl/α,β-unsaturated/α-hetero) is 1. The number of ketones is 1. The summed E-state index contributed by atoms with van der Waals surface area (Å²) >= 11 is 0. The molecule has 0 bridgehead atoms. The van der Waals surface area contributed by atoms with Crippen LogP contribution >= 0.6 is 0 Å². The van der Waals surface area contributed by atoms with E-state index in [1.54, 1.807) is 42.5 Å². The summed E-state index contributed by atoms with van der Waals surface area (Å²) in [5.41, 5.74) is 2.05. The first kappa shape index (κ1) is 22.5. The van der Waals surface area contributed by atoms with Gasteiger partial charge < -0.3 is 14.7 Å². The molecule has 6 nitrogen and oxygen atoms in total. The number of aliphatic hydroxyl groups is 1. The lowest BCUT2D eigenvalue weighted by atomic mass is 9.94. The molecule has 31 heavy (non-hydrogen) atoms. The summed E-state index contributed by atoms with van der Waals surface area (Å²) in [7, 11) is 1.60. The zero-order valence-electron chi connectivity index (χ0n) is 18.6. The van der Waals surface area contributed by atoms with Gasteiger partial charge in [0.15, 0.2) is 0 Å². The van der Waals surface area contributed by atoms with Crippen LogP contribution in [0.5, 0.6) is 5.75 Å². The number of unbranched alkanes of at least 4 members (excludes halogenated alkanes) is 2. The van der Waals surface area contributed by atoms with Crippen molar-refractivity contribution in [3.8, 4) is 5.75 Å². The summed E-state index contributed by atoms with van der Waals surface area (Å²) in [6.45, 7) is 6.58. The van der Waals surface area contributed by atoms with Gasteiger partial charge in [0.05, 0.1) is 18.4 Å². The minimum atomic E-state index is -0.706. The van der Waals surface area contributed by atoms with Crippen molar-refractivity contribution >= 4 is 17.4 Å². The molecule has 2 aromatic rings. The van der Waals surface area contributed by atoms with Gasteiger partial charge in [0.25, 0.3) is 11.7 Å². The molecule has 6 heteroatoms. The van der Waals surface area contributed by atoms with Gasteiger partial charge in [-0.25, -0.2) is 0 Å². The van der Waals surface area contributed by atoms with Crippen molar-refractivity contribution in [2.45, 2.75) is 52.0 Å². The highest BCUT2D eigenvalue weighted by atomic mass is 16.5. The summed E-state index contributed by atoms with van der Waals surface area (Å²) in [4.78, 5) is 31.9. The van der Waals surface area contributed by atoms with E-state index >= 15 is 0 Å². The average Bonchev–Trinajstić information content (AvgIpc) is 3.03. The highest BCUT2D eigenvalue weighted by molar-refractivity contribution is 6.46. The number of ether oxygens (including phenoxy) is 1. The van der Waals surface area contributed by atoms with Gasteiger partial charge in [-0.05, 0) is 48.2 Å². The number of carbonyl (C=O) groups is 2. The number of carbonyl (C=O) groups excluding carboxylic acids is 2. The van der Waals surface area contributed by atoms with Crippen molar-refractivity contribution in [2.75, 3.05) is 13.7 Å². The van der Waals surface area contributed by atoms with Crippen LogP contribution in [-0.4, -0.2) is 40.3 Å². The third kappa shape index (κ3) is 4.48. The second-order valence-corrected chi connectivity index (χ2v) is 8.07. The number of likely N-dealkylation sites (tertiary alicyclic amines) is 1. The molecule has 1 amide bonds. The van der Waals surface area contributed by atoms with E-state index in [9.17, 15) is 14.7 Å². The van der Waals surface area contributed by atoms with Crippen LogP contribution in [0.25, 0.3) is 5.76 Å². The van der Waals surface area contributed by atoms with Gasteiger partial charge in [-0.3, -0.25) is 14.6 Å². The predicted octanol–water partition coefficient (Wildman–Crippen LogP) is 4.83. The Morgan fingerprint density at radius 2 is 1.97 bits per heavy atom. The van der Waals surface area contributed by atoms with Crippen LogP contribution in [0, 0.1) is 0 Å². The second kappa shape index (κ2) is 9.77. The van der Waals surface area contributed by atoms with Crippen molar-refractivity contribution in [2.24, 2.45) is 0 Å². The molecular weight excluding hydrogens is 392 g/mol. The van der Waals surface area contributed by atoms with Gasteiger partial charge in [-0.2, -0.15) is 0 Å². The fraction of sp³-hybridized carbons (Fsp3) is 0.400. The van der Waals surface area contributed by atoms with E-state index in [4.69, 9.17) is 4.74 Å². The summed E-state index contributed by atoms with van der Waals surface area (Å²) < 4.78 is 5.43. The van der Waals surface area contributed by atoms with Crippen LogP contribution in [0.2, 0.25) is 0 Å². The fourth-order valence-electron chi connectivity index (χ4n) is 3.98. The molecule has 0 spiro atoms. The lowest BCUT2D eigenvalue weighted by molar-refractivity contribution is -0.140. The molecule has 1 saturated heterocycles. The highest BCUT2D eigenvalue weighted by Crippen LogP contribution is 2.39. The van der Waals surface area contributed by atoms with E-state index in [-0.39, 0.29) is 17.3 Å². The first-order valence-corrected chi connectivity index (χ1v) is 10.8. The number of rotatable bonds is 8. The third-order valence-electron chi connectivity index (χ3n) is 5.64. The number of amides is 1. The van der Waals surface area contributed by atoms with Crippen LogP contribution in [-0.2, 0) is 9.59 Å². The molecule has 1 N–H and O–H groups in total. The Hall–Kier alpha value is -3.15. The van der Waals surface area contributed by atoms with Gasteiger partial charge in [0.1, 0.15) is 17.6 Å². The topological polar surface area (TPSA) is 79.7 Å². The monoisotopic (exact) mass is 422 g/mol. The van der Waals surface area contributed by atoms with E-state index in [1.165, 1.54) is 0 Å². The molecule has 0 aliphatic carbocycles. The van der Waals surface area contributed by atoms with Crippen LogP contribution in [0.3, 0.4) is 0 Å². The Bertz CT molecular complexity index is 982. The number of benzene rings is 1. The van der Waals surface area contributed by atoms with Gasteiger partial charge >= 0.3 is 0 Å². The van der Waals surface area contributed by atoms with E-state index in [0.29, 0.717) is 23.6 Å². The molecule has 1 aliphatic heterocycles. The summed E-state index contributed by atoms with van der Waals surface area (Å²) in [6.07, 6.45) is 4.37. The number of hydrogen-bond donors (Lipinski definition) is 1. The minimum Gasteiger partial charge on any atom is -0.507 e. The van der Waals surface area contributed by atoms with Crippen LogP contribution < -0.4 is 4.74 Å². The Kier molecular flexibility index (Phi) is 7.10. The van der Waals surface area contributed by atoms with Gasteiger partial charge in [0.2, 0.25) is 0 Å². The molecule has 1 aromatic carbocycles. The maximum Gasteiger partial charge on any atom is 0.295 e. The van der Waals surface area contributed by atoms with E-state index in [0.717, 1.165) is 24.8 Å². The molecule has 2 heterocycles. The molecule has 1 unspecified atom stereocenters. The largest absolute Gasteiger partial charge is 0.507 e. The average molecular weight is 423 g/mol. The first-order chi connectivity index (χ1) is 14.9. The predicted molar refractivity (Wildman–Crippen MR) is 120 cm³/mol. The SMILES string of the molecule is CCCCCN1C(=O)C(=O)/C(=C(\O)c2ccc(OC)c(C(C)C)c2)C1c1ccccn1. The van der Waals surface area contributed by atoms with Crippen molar-refractivity contribution < 1.29 is 19.4 Å². The zero-order valence-corrected chi connectivity index (χ0v) is 18.6. The van der Waals surface area contributed by atoms with Crippen molar-refractivity contribution in [3.63, 3.8) is 0 Å². The molecule has 0 radical (unpaired) electrons. The summed E-state index contributed by atoms with van der Waals surface area (Å²) in [6, 6.07) is 9.98. The lowest BCUT2D eigenvalue weighted by Crippen LogP contribution is -2.31. The maximum absolute atomic E-state index is 13.0. The zero-order chi connectivity index (χ0) is 22.5. The highest BCUT2D eigenvalue weighted by Gasteiger charge is 2.46.